The smallest absolute Gasteiger partial charge is 0.336 e. The molecule has 0 saturated heterocycles. The SMILES string of the molecule is [2H]c1c([2H])c(C([2H])([2H])Sc2nc(=O)c3c(n2CC(=O)N(C([2H])([2H])c2c([2H])c([2H])c(-c4c([2H])c([2H])c(C(F)(F)F)c([2H])c4[2H])c([2H])c2[2H])C([2H])([2H])C([2H])([2H])N(C([2H])([2H])C)C([2H])([2H])C)C([2H])([2H])C([2H])(C)C3([2H])[2H])c([2H])c([2H])c1F. The first-order chi connectivity index (χ1) is 34.2. The molecule has 1 amide bonds. The van der Waals surface area contributed by atoms with Crippen LogP contribution in [-0.4, -0.2) is 51.2 Å². The average Bonchev–Trinajstić information content (AvgIpc) is 3.34. The summed E-state index contributed by atoms with van der Waals surface area (Å²) in [4.78, 5) is 31.4. The molecule has 11 heteroatoms. The number of alkyl halides is 3. The van der Waals surface area contributed by atoms with Crippen molar-refractivity contribution in [2.24, 2.45) is 5.89 Å². The summed E-state index contributed by atoms with van der Waals surface area (Å²) in [6.45, 7) is -21.1. The van der Waals surface area contributed by atoms with Crippen molar-refractivity contribution in [3.05, 3.63) is 117 Å². The molecular weight excluding hydrogens is 640 g/mol. The Kier molecular flexibility index (Phi) is 4.44. The van der Waals surface area contributed by atoms with Crippen LogP contribution in [0.2, 0.25) is 0 Å². The van der Waals surface area contributed by atoms with Gasteiger partial charge in [-0.2, -0.15) is 18.2 Å². The number of nitrogens with zero attached hydrogens (tertiary/aromatic N) is 4. The van der Waals surface area contributed by atoms with E-state index in [0.29, 0.717) is 20.8 Å². The maximum atomic E-state index is 15.4. The lowest BCUT2D eigenvalue weighted by molar-refractivity contribution is -0.137. The molecule has 0 radical (unpaired) electrons. The third-order valence-corrected chi connectivity index (χ3v) is 6.68. The predicted octanol–water partition coefficient (Wildman–Crippen LogP) is 7.47. The first-order valence-corrected chi connectivity index (χ1v) is 14.0. The molecule has 0 spiro atoms. The van der Waals surface area contributed by atoms with Gasteiger partial charge in [-0.15, -0.1) is 0 Å². The van der Waals surface area contributed by atoms with Crippen LogP contribution in [0.1, 0.15) is 88.5 Å². The summed E-state index contributed by atoms with van der Waals surface area (Å²) in [5, 5.41) is -1.39. The fraction of sp³-hybridized carbons (Fsp3) is 0.378. The van der Waals surface area contributed by atoms with E-state index in [9.17, 15) is 27.8 Å². The lowest BCUT2D eigenvalue weighted by atomic mass is 10.0. The minimum atomic E-state index is -5.54. The number of thioether (sulfide) groups is 1. The van der Waals surface area contributed by atoms with Crippen LogP contribution in [0.4, 0.5) is 17.6 Å². The van der Waals surface area contributed by atoms with Gasteiger partial charge in [-0.05, 0) is 78.1 Å². The van der Waals surface area contributed by atoms with Crippen molar-refractivity contribution in [2.45, 2.75) is 63.6 Å². The topological polar surface area (TPSA) is 58.4 Å². The average molecular weight is 710 g/mol. The third-order valence-electron chi connectivity index (χ3n) is 5.88. The van der Waals surface area contributed by atoms with E-state index in [1.165, 1.54) is 0 Å². The van der Waals surface area contributed by atoms with Gasteiger partial charge in [0.2, 0.25) is 5.91 Å². The van der Waals surface area contributed by atoms with E-state index in [0.717, 1.165) is 0 Å². The Morgan fingerprint density at radius 1 is 1.00 bits per heavy atom. The molecular formula is C37H40F4N4O2S. The van der Waals surface area contributed by atoms with Gasteiger partial charge in [-0.1, -0.05) is 80.9 Å². The zero-order valence-corrected chi connectivity index (χ0v) is 25.5. The molecule has 48 heavy (non-hydrogen) atoms. The summed E-state index contributed by atoms with van der Waals surface area (Å²) in [6, 6.07) is -19.3. The van der Waals surface area contributed by atoms with E-state index in [2.05, 4.69) is 4.98 Å². The number of halogens is 4. The summed E-state index contributed by atoms with van der Waals surface area (Å²) in [5.41, 5.74) is -16.2. The highest BCUT2D eigenvalue weighted by Gasteiger charge is 2.30. The van der Waals surface area contributed by atoms with E-state index >= 15 is 4.79 Å². The second kappa shape index (κ2) is 15.5. The summed E-state index contributed by atoms with van der Waals surface area (Å²) in [7, 11) is 0. The van der Waals surface area contributed by atoms with Gasteiger partial charge in [0.05, 0.1) is 27.5 Å². The summed E-state index contributed by atoms with van der Waals surface area (Å²) in [6.07, 6.45) is -12.6. The number of fused-ring (bicyclic) bond motifs is 1. The normalized spacial score (nSPS) is 28.5. The Balaban J connectivity index is 1.96. The first-order valence-electron chi connectivity index (χ1n) is 27.7. The summed E-state index contributed by atoms with van der Waals surface area (Å²) >= 11 is -0.508. The number of likely N-dealkylation sites (N-methyl/N-ethyl adjacent to an activating group) is 1. The van der Waals surface area contributed by atoms with Gasteiger partial charge >= 0.3 is 6.18 Å². The van der Waals surface area contributed by atoms with Crippen molar-refractivity contribution in [3.8, 4) is 11.1 Å². The van der Waals surface area contributed by atoms with Crippen molar-refractivity contribution in [3.63, 3.8) is 0 Å². The zero-order valence-electron chi connectivity index (χ0n) is 53.7. The molecule has 0 fully saturated rings. The van der Waals surface area contributed by atoms with Gasteiger partial charge in [0.15, 0.2) is 5.16 Å². The van der Waals surface area contributed by atoms with Crippen LogP contribution in [0.5, 0.6) is 0 Å². The maximum absolute atomic E-state index is 15.4. The quantitative estimate of drug-likeness (QED) is 0.0820. The molecule has 3 aromatic carbocycles. The van der Waals surface area contributed by atoms with Crippen molar-refractivity contribution < 1.29 is 62.1 Å². The fourth-order valence-electron chi connectivity index (χ4n) is 3.71. The Morgan fingerprint density at radius 3 is 2.21 bits per heavy atom. The number of aromatic nitrogens is 2. The standard InChI is InChI=1S/C37H40F4N4O2S/c1-4-43(5-2)18-19-44(22-26-6-10-28(11-7-26)29-12-14-30(15-13-29)37(39,40)41)34(46)23-45-33-21-25(3)20-32(33)35(47)42-36(45)48-24-27-8-16-31(38)17-9-27/h6-17,25H,4-5,18-24H2,1-3H3/i4D2,5D2,6D,7D,8D,9D,10D,11D,12D,13D,14D,15D,16D,17D,18D2,19D2,20D2,21D2,22D2,24D2,25D. The number of amides is 1. The molecule has 1 aromatic heterocycles. The van der Waals surface area contributed by atoms with Crippen LogP contribution in [0, 0.1) is 11.7 Å². The van der Waals surface area contributed by atoms with E-state index in [4.69, 9.17) is 34.3 Å². The Hall–Kier alpha value is -3.96. The van der Waals surface area contributed by atoms with Gasteiger partial charge in [0.25, 0.3) is 5.56 Å². The molecule has 0 bridgehead atoms. The lowest BCUT2D eigenvalue weighted by Crippen LogP contribution is -2.40. The Morgan fingerprint density at radius 2 is 1.60 bits per heavy atom. The van der Waals surface area contributed by atoms with Gasteiger partial charge in [0, 0.05) is 54.3 Å². The highest BCUT2D eigenvalue weighted by molar-refractivity contribution is 7.98. The van der Waals surface area contributed by atoms with Crippen molar-refractivity contribution in [1.82, 2.24) is 19.4 Å². The summed E-state index contributed by atoms with van der Waals surface area (Å²) < 4.78 is 307. The molecule has 0 N–H and O–H groups in total. The number of hydrogen-bond acceptors (Lipinski definition) is 5. The van der Waals surface area contributed by atoms with E-state index in [1.807, 2.05) is 0 Å². The molecule has 0 saturated carbocycles. The van der Waals surface area contributed by atoms with Crippen molar-refractivity contribution >= 4 is 17.7 Å². The largest absolute Gasteiger partial charge is 0.416 e. The number of benzene rings is 3. The molecule has 6 nitrogen and oxygen atoms in total. The molecule has 4 aromatic rings. The van der Waals surface area contributed by atoms with Gasteiger partial charge in [-0.3, -0.25) is 9.59 Å². The Bertz CT molecular complexity index is 3110. The first kappa shape index (κ1) is 13.7. The number of rotatable bonds is 13. The van der Waals surface area contributed by atoms with Crippen LogP contribution < -0.4 is 5.56 Å². The van der Waals surface area contributed by atoms with Crippen molar-refractivity contribution in [2.75, 3.05) is 26.0 Å². The van der Waals surface area contributed by atoms with Crippen LogP contribution in [0.3, 0.4) is 0 Å². The van der Waals surface area contributed by atoms with E-state index in [-0.39, 0.29) is 4.57 Å². The van der Waals surface area contributed by atoms with Crippen LogP contribution in [-0.2, 0) is 42.5 Å². The molecule has 1 unspecified atom stereocenters. The van der Waals surface area contributed by atoms with Gasteiger partial charge < -0.3 is 14.4 Å². The minimum absolute atomic E-state index is 0.0228. The third kappa shape index (κ3) is 8.73. The molecule has 254 valence electrons. The van der Waals surface area contributed by atoms with Crippen LogP contribution >= 0.6 is 11.8 Å². The van der Waals surface area contributed by atoms with Crippen molar-refractivity contribution in [1.29, 1.82) is 0 Å². The lowest BCUT2D eigenvalue weighted by Gasteiger charge is -2.28. The second-order valence-electron chi connectivity index (χ2n) is 9.12. The van der Waals surface area contributed by atoms with Gasteiger partial charge in [-0.25, -0.2) is 4.39 Å². The Labute approximate surface area is 323 Å². The zero-order chi connectivity index (χ0) is 60.1. The van der Waals surface area contributed by atoms with E-state index < -0.39 is 225 Å². The van der Waals surface area contributed by atoms with Gasteiger partial charge in [0.1, 0.15) is 12.4 Å². The molecule has 1 atom stereocenters. The molecule has 1 aliphatic carbocycles. The molecule has 5 rings (SSSR count). The highest BCUT2D eigenvalue weighted by atomic mass is 32.2. The minimum Gasteiger partial charge on any atom is -0.336 e. The van der Waals surface area contributed by atoms with Crippen LogP contribution in [0.25, 0.3) is 11.1 Å². The predicted molar refractivity (Wildman–Crippen MR) is 181 cm³/mol. The van der Waals surface area contributed by atoms with Crippen LogP contribution in [0.15, 0.2) is 82.5 Å². The number of hydrogen-bond donors (Lipinski definition) is 0. The molecule has 1 aliphatic rings. The maximum Gasteiger partial charge on any atom is 0.416 e. The van der Waals surface area contributed by atoms with E-state index in [1.54, 1.807) is 0 Å². The summed E-state index contributed by atoms with van der Waals surface area (Å²) in [5.74, 6) is -7.36. The monoisotopic (exact) mass is 709 g/mol. The molecule has 0 aliphatic heterocycles. The number of carbonyl (C=O) groups excluding carboxylic acids is 1. The highest BCUT2D eigenvalue weighted by Crippen LogP contribution is 2.32. The number of carbonyl (C=O) groups is 1. The molecule has 1 heterocycles. The second-order valence-corrected chi connectivity index (χ2v) is 9.90. The fourth-order valence-corrected chi connectivity index (χ4v) is 4.40.